The lowest BCUT2D eigenvalue weighted by atomic mass is 10.1. The van der Waals surface area contributed by atoms with Gasteiger partial charge in [0.1, 0.15) is 0 Å². The molecule has 0 radical (unpaired) electrons. The number of carbonyl (C=O) groups excluding carboxylic acids is 1. The zero-order chi connectivity index (χ0) is 12.8. The van der Waals surface area contributed by atoms with Gasteiger partial charge in [0, 0.05) is 12.1 Å². The Balaban J connectivity index is 2.47. The predicted octanol–water partition coefficient (Wildman–Crippen LogP) is 2.24. The number of carboxylic acids is 1. The van der Waals surface area contributed by atoms with Gasteiger partial charge in [-0.3, -0.25) is 9.59 Å². The molecule has 0 fully saturated rings. The molecule has 0 unspecified atom stereocenters. The summed E-state index contributed by atoms with van der Waals surface area (Å²) in [5.41, 5.74) is 0.447. The van der Waals surface area contributed by atoms with Crippen LogP contribution in [0.1, 0.15) is 16.8 Å². The second-order valence-corrected chi connectivity index (χ2v) is 4.19. The minimum atomic E-state index is -0.903. The van der Waals surface area contributed by atoms with Crippen LogP contribution in [0, 0.1) is 0 Å². The summed E-state index contributed by atoms with van der Waals surface area (Å²) in [6.07, 6.45) is -0.0192. The molecule has 1 rings (SSSR count). The molecule has 0 saturated carbocycles. The fourth-order valence-corrected chi connectivity index (χ4v) is 1.47. The molecule has 0 aliphatic heterocycles. The highest BCUT2D eigenvalue weighted by Crippen LogP contribution is 2.22. The molecule has 0 spiro atoms. The molecule has 0 aliphatic rings. The highest BCUT2D eigenvalue weighted by atomic mass is 35.5. The van der Waals surface area contributed by atoms with Gasteiger partial charge in [-0.2, -0.15) is 0 Å². The molecule has 17 heavy (non-hydrogen) atoms. The molecule has 0 aromatic heterocycles. The molecular weight excluding hydrogens is 265 g/mol. The van der Waals surface area contributed by atoms with Crippen LogP contribution in [0.25, 0.3) is 0 Å². The third kappa shape index (κ3) is 4.73. The Kier molecular flexibility index (Phi) is 5.41. The first-order chi connectivity index (χ1) is 8.00. The minimum Gasteiger partial charge on any atom is -0.481 e. The average Bonchev–Trinajstić information content (AvgIpc) is 2.27. The summed E-state index contributed by atoms with van der Waals surface area (Å²) >= 11 is 11.5. The van der Waals surface area contributed by atoms with Crippen molar-refractivity contribution in [1.29, 1.82) is 0 Å². The Hall–Kier alpha value is -1.10. The Morgan fingerprint density at radius 1 is 1.24 bits per heavy atom. The second kappa shape index (κ2) is 6.59. The average molecular weight is 276 g/mol. The van der Waals surface area contributed by atoms with Crippen molar-refractivity contribution in [3.05, 3.63) is 33.8 Å². The van der Waals surface area contributed by atoms with Gasteiger partial charge in [0.05, 0.1) is 23.0 Å². The Bertz CT molecular complexity index is 435. The Labute approximate surface area is 109 Å². The fraction of sp³-hybridized carbons (Fsp3) is 0.273. The third-order valence-corrected chi connectivity index (χ3v) is 2.78. The highest BCUT2D eigenvalue weighted by molar-refractivity contribution is 6.42. The van der Waals surface area contributed by atoms with E-state index in [1.165, 1.54) is 6.07 Å². The number of carbonyl (C=O) groups is 2. The van der Waals surface area contributed by atoms with E-state index < -0.39 is 5.97 Å². The first kappa shape index (κ1) is 14.0. The molecule has 4 nitrogen and oxygen atoms in total. The van der Waals surface area contributed by atoms with Crippen molar-refractivity contribution in [3.63, 3.8) is 0 Å². The molecule has 92 valence electrons. The molecule has 0 heterocycles. The normalized spacial score (nSPS) is 10.2. The number of hydrogen-bond acceptors (Lipinski definition) is 3. The molecule has 0 bridgehead atoms. The van der Waals surface area contributed by atoms with Crippen molar-refractivity contribution in [1.82, 2.24) is 5.32 Å². The fourth-order valence-electron chi connectivity index (χ4n) is 1.17. The number of rotatable bonds is 6. The first-order valence-electron chi connectivity index (χ1n) is 4.91. The maximum Gasteiger partial charge on any atom is 0.304 e. The summed E-state index contributed by atoms with van der Waals surface area (Å²) in [6, 6.07) is 4.62. The van der Waals surface area contributed by atoms with Gasteiger partial charge in [0.15, 0.2) is 5.78 Å². The van der Waals surface area contributed by atoms with Crippen molar-refractivity contribution < 1.29 is 14.7 Å². The number of nitrogens with one attached hydrogen (secondary N) is 1. The van der Waals surface area contributed by atoms with Gasteiger partial charge < -0.3 is 10.4 Å². The summed E-state index contributed by atoms with van der Waals surface area (Å²) in [4.78, 5) is 21.9. The van der Waals surface area contributed by atoms with Crippen molar-refractivity contribution >= 4 is 35.0 Å². The van der Waals surface area contributed by atoms with Crippen LogP contribution in [0.2, 0.25) is 10.0 Å². The van der Waals surface area contributed by atoms with Crippen molar-refractivity contribution in [2.24, 2.45) is 0 Å². The van der Waals surface area contributed by atoms with E-state index in [1.54, 1.807) is 12.1 Å². The SMILES string of the molecule is O=C(O)CCNCC(=O)c1ccc(Cl)c(Cl)c1. The van der Waals surface area contributed by atoms with Crippen molar-refractivity contribution in [3.8, 4) is 0 Å². The number of hydrogen-bond donors (Lipinski definition) is 2. The number of ketones is 1. The van der Waals surface area contributed by atoms with Crippen LogP contribution in [0.4, 0.5) is 0 Å². The van der Waals surface area contributed by atoms with E-state index >= 15 is 0 Å². The van der Waals surface area contributed by atoms with Gasteiger partial charge in [-0.05, 0) is 18.2 Å². The van der Waals surface area contributed by atoms with Gasteiger partial charge >= 0.3 is 5.97 Å². The van der Waals surface area contributed by atoms with E-state index in [0.717, 1.165) is 0 Å². The number of Topliss-reactive ketones (excluding diaryl/α,β-unsaturated/α-hetero) is 1. The monoisotopic (exact) mass is 275 g/mol. The highest BCUT2D eigenvalue weighted by Gasteiger charge is 2.07. The van der Waals surface area contributed by atoms with Crippen LogP contribution in [-0.2, 0) is 4.79 Å². The van der Waals surface area contributed by atoms with Gasteiger partial charge in [-0.15, -0.1) is 0 Å². The van der Waals surface area contributed by atoms with Gasteiger partial charge in [-0.1, -0.05) is 23.2 Å². The molecule has 0 aliphatic carbocycles. The number of benzene rings is 1. The van der Waals surface area contributed by atoms with Crippen LogP contribution >= 0.6 is 23.2 Å². The van der Waals surface area contributed by atoms with Crippen molar-refractivity contribution in [2.45, 2.75) is 6.42 Å². The quantitative estimate of drug-likeness (QED) is 0.617. The van der Waals surface area contributed by atoms with E-state index in [-0.39, 0.29) is 25.3 Å². The number of carboxylic acid groups (broad SMARTS) is 1. The standard InChI is InChI=1S/C11H11Cl2NO3/c12-8-2-1-7(5-9(8)13)10(15)6-14-4-3-11(16)17/h1-2,5,14H,3-4,6H2,(H,16,17). The number of halogens is 2. The van der Waals surface area contributed by atoms with Crippen LogP contribution in [-0.4, -0.2) is 29.9 Å². The summed E-state index contributed by atoms with van der Waals surface area (Å²) in [5.74, 6) is -1.06. The zero-order valence-corrected chi connectivity index (χ0v) is 10.4. The second-order valence-electron chi connectivity index (χ2n) is 3.37. The zero-order valence-electron chi connectivity index (χ0n) is 8.87. The van der Waals surface area contributed by atoms with Gasteiger partial charge in [0.2, 0.25) is 0 Å². The topological polar surface area (TPSA) is 66.4 Å². The van der Waals surface area contributed by atoms with Crippen LogP contribution < -0.4 is 5.32 Å². The van der Waals surface area contributed by atoms with Gasteiger partial charge in [0.25, 0.3) is 0 Å². The molecular formula is C11H11Cl2NO3. The maximum atomic E-state index is 11.6. The molecule has 1 aromatic carbocycles. The summed E-state index contributed by atoms with van der Waals surface area (Å²) in [7, 11) is 0. The molecule has 6 heteroatoms. The molecule has 2 N–H and O–H groups in total. The van der Waals surface area contributed by atoms with Crippen molar-refractivity contribution in [2.75, 3.05) is 13.1 Å². The summed E-state index contributed by atoms with van der Waals surface area (Å²) in [6.45, 7) is 0.327. The van der Waals surface area contributed by atoms with Crippen LogP contribution in [0.3, 0.4) is 0 Å². The largest absolute Gasteiger partial charge is 0.481 e. The van der Waals surface area contributed by atoms with E-state index in [1.807, 2.05) is 0 Å². The molecule has 0 saturated heterocycles. The Morgan fingerprint density at radius 3 is 2.53 bits per heavy atom. The molecule has 1 aromatic rings. The molecule has 0 atom stereocenters. The van der Waals surface area contributed by atoms with E-state index in [9.17, 15) is 9.59 Å². The third-order valence-electron chi connectivity index (χ3n) is 2.04. The smallest absolute Gasteiger partial charge is 0.304 e. The van der Waals surface area contributed by atoms with E-state index in [2.05, 4.69) is 5.32 Å². The Morgan fingerprint density at radius 2 is 1.94 bits per heavy atom. The maximum absolute atomic E-state index is 11.6. The molecule has 0 amide bonds. The lowest BCUT2D eigenvalue weighted by Gasteiger charge is -2.04. The van der Waals surface area contributed by atoms with Gasteiger partial charge in [-0.25, -0.2) is 0 Å². The summed E-state index contributed by atoms with van der Waals surface area (Å²) < 4.78 is 0. The number of aliphatic carboxylic acids is 1. The lowest BCUT2D eigenvalue weighted by molar-refractivity contribution is -0.136. The minimum absolute atomic E-state index is 0.0192. The first-order valence-corrected chi connectivity index (χ1v) is 5.67. The van der Waals surface area contributed by atoms with E-state index in [4.69, 9.17) is 28.3 Å². The lowest BCUT2D eigenvalue weighted by Crippen LogP contribution is -2.25. The van der Waals surface area contributed by atoms with Crippen LogP contribution in [0.5, 0.6) is 0 Å². The predicted molar refractivity (Wildman–Crippen MR) is 65.9 cm³/mol. The summed E-state index contributed by atoms with van der Waals surface area (Å²) in [5, 5.41) is 11.9. The van der Waals surface area contributed by atoms with Crippen LogP contribution in [0.15, 0.2) is 18.2 Å². The van der Waals surface area contributed by atoms with E-state index in [0.29, 0.717) is 15.6 Å².